The van der Waals surface area contributed by atoms with Gasteiger partial charge in [-0.25, -0.2) is 0 Å². The maximum atomic E-state index is 9.84. The van der Waals surface area contributed by atoms with Crippen molar-refractivity contribution in [1.29, 1.82) is 0 Å². The van der Waals surface area contributed by atoms with Crippen LogP contribution in [0, 0.1) is 5.92 Å². The molecule has 0 radical (unpaired) electrons. The van der Waals surface area contributed by atoms with E-state index in [9.17, 15) is 10.2 Å². The van der Waals surface area contributed by atoms with Gasteiger partial charge in [-0.1, -0.05) is 13.8 Å². The molecule has 1 rings (SSSR count). The minimum absolute atomic E-state index is 0.358. The zero-order valence-corrected chi connectivity index (χ0v) is 9.71. The maximum absolute atomic E-state index is 9.84. The van der Waals surface area contributed by atoms with Crippen molar-refractivity contribution in [3.05, 3.63) is 0 Å². The minimum Gasteiger partial charge on any atom is -0.394 e. The number of hydrogen-bond acceptors (Lipinski definition) is 6. The number of ether oxygens (including phenoxy) is 1. The van der Waals surface area contributed by atoms with Crippen LogP contribution >= 0.6 is 0 Å². The molecule has 1 aliphatic heterocycles. The van der Waals surface area contributed by atoms with Crippen molar-refractivity contribution in [1.82, 2.24) is 5.32 Å². The molecule has 1 heterocycles. The van der Waals surface area contributed by atoms with E-state index < -0.39 is 30.6 Å². The van der Waals surface area contributed by atoms with Crippen LogP contribution in [0.25, 0.3) is 0 Å². The van der Waals surface area contributed by atoms with Gasteiger partial charge in [0.05, 0.1) is 12.6 Å². The monoisotopic (exact) mass is 234 g/mol. The van der Waals surface area contributed by atoms with Gasteiger partial charge in [-0.3, -0.25) is 0 Å². The molecule has 0 spiro atoms. The van der Waals surface area contributed by atoms with Crippen molar-refractivity contribution in [2.45, 2.75) is 44.4 Å². The third-order valence-corrected chi connectivity index (χ3v) is 2.73. The third kappa shape index (κ3) is 3.13. The second kappa shape index (κ2) is 5.90. The SMILES string of the molecule is CC(C)CNC1C(N)OC(CO)C(O)C1O. The topological polar surface area (TPSA) is 108 Å². The van der Waals surface area contributed by atoms with E-state index in [0.29, 0.717) is 12.5 Å². The van der Waals surface area contributed by atoms with Crippen molar-refractivity contribution in [3.63, 3.8) is 0 Å². The Hall–Kier alpha value is -0.240. The van der Waals surface area contributed by atoms with Gasteiger partial charge in [-0.05, 0) is 12.5 Å². The molecule has 5 atom stereocenters. The summed E-state index contributed by atoms with van der Waals surface area (Å²) in [5, 5.41) is 31.5. The molecule has 0 aliphatic carbocycles. The Morgan fingerprint density at radius 1 is 1.31 bits per heavy atom. The third-order valence-electron chi connectivity index (χ3n) is 2.73. The second-order valence-electron chi connectivity index (χ2n) is 4.63. The van der Waals surface area contributed by atoms with Gasteiger partial charge in [-0.15, -0.1) is 0 Å². The van der Waals surface area contributed by atoms with E-state index in [2.05, 4.69) is 5.32 Å². The lowest BCUT2D eigenvalue weighted by molar-refractivity contribution is -0.193. The molecular formula is C10H22N2O4. The van der Waals surface area contributed by atoms with Gasteiger partial charge in [0.1, 0.15) is 24.5 Å². The molecule has 0 aromatic carbocycles. The number of rotatable bonds is 4. The zero-order valence-electron chi connectivity index (χ0n) is 9.71. The smallest absolute Gasteiger partial charge is 0.124 e. The summed E-state index contributed by atoms with van der Waals surface area (Å²) in [6.07, 6.45) is -3.69. The maximum Gasteiger partial charge on any atom is 0.124 e. The van der Waals surface area contributed by atoms with E-state index >= 15 is 0 Å². The van der Waals surface area contributed by atoms with Crippen molar-refractivity contribution < 1.29 is 20.1 Å². The lowest BCUT2D eigenvalue weighted by Crippen LogP contribution is -2.66. The van der Waals surface area contributed by atoms with Crippen molar-refractivity contribution in [2.75, 3.05) is 13.2 Å². The van der Waals surface area contributed by atoms with Gasteiger partial charge in [0.2, 0.25) is 0 Å². The van der Waals surface area contributed by atoms with Crippen molar-refractivity contribution in [3.8, 4) is 0 Å². The quantitative estimate of drug-likeness (QED) is 0.385. The van der Waals surface area contributed by atoms with Crippen LogP contribution in [0.1, 0.15) is 13.8 Å². The fourth-order valence-corrected chi connectivity index (χ4v) is 1.75. The fourth-order valence-electron chi connectivity index (χ4n) is 1.75. The highest BCUT2D eigenvalue weighted by Gasteiger charge is 2.42. The predicted octanol–water partition coefficient (Wildman–Crippen LogP) is -2.00. The molecule has 0 amide bonds. The van der Waals surface area contributed by atoms with Gasteiger partial charge < -0.3 is 31.1 Å². The van der Waals surface area contributed by atoms with Crippen LogP contribution in [0.2, 0.25) is 0 Å². The molecule has 0 aromatic heterocycles. The van der Waals surface area contributed by atoms with Gasteiger partial charge in [-0.2, -0.15) is 0 Å². The number of aliphatic hydroxyl groups excluding tert-OH is 3. The minimum atomic E-state index is -1.12. The van der Waals surface area contributed by atoms with Crippen LogP contribution < -0.4 is 11.1 Å². The Balaban J connectivity index is 2.57. The van der Waals surface area contributed by atoms with E-state index in [1.165, 1.54) is 0 Å². The van der Waals surface area contributed by atoms with Crippen LogP contribution in [0.5, 0.6) is 0 Å². The van der Waals surface area contributed by atoms with Crippen LogP contribution in [0.3, 0.4) is 0 Å². The highest BCUT2D eigenvalue weighted by molar-refractivity contribution is 4.94. The lowest BCUT2D eigenvalue weighted by Gasteiger charge is -2.41. The van der Waals surface area contributed by atoms with E-state index in [1.807, 2.05) is 13.8 Å². The average Bonchev–Trinajstić information content (AvgIpc) is 2.22. The molecule has 16 heavy (non-hydrogen) atoms. The van der Waals surface area contributed by atoms with Crippen molar-refractivity contribution >= 4 is 0 Å². The molecule has 0 bridgehead atoms. The Morgan fingerprint density at radius 3 is 2.44 bits per heavy atom. The first-order chi connectivity index (χ1) is 7.47. The molecular weight excluding hydrogens is 212 g/mol. The van der Waals surface area contributed by atoms with E-state index in [-0.39, 0.29) is 6.61 Å². The first-order valence-electron chi connectivity index (χ1n) is 5.58. The summed E-state index contributed by atoms with van der Waals surface area (Å²) in [7, 11) is 0. The van der Waals surface area contributed by atoms with Crippen LogP contribution in [0.4, 0.5) is 0 Å². The van der Waals surface area contributed by atoms with Gasteiger partial charge in [0.15, 0.2) is 0 Å². The number of nitrogens with two attached hydrogens (primary N) is 1. The Labute approximate surface area is 95.4 Å². The molecule has 6 heteroatoms. The summed E-state index contributed by atoms with van der Waals surface area (Å²) in [4.78, 5) is 0. The number of aliphatic hydroxyl groups is 3. The van der Waals surface area contributed by atoms with Gasteiger partial charge >= 0.3 is 0 Å². The second-order valence-corrected chi connectivity index (χ2v) is 4.63. The Bertz CT molecular complexity index is 215. The molecule has 1 aliphatic rings. The Kier molecular flexibility index (Phi) is 5.10. The molecule has 1 fully saturated rings. The van der Waals surface area contributed by atoms with E-state index in [1.54, 1.807) is 0 Å². The summed E-state index contributed by atoms with van der Waals surface area (Å²) < 4.78 is 5.22. The normalized spacial score (nSPS) is 40.3. The summed E-state index contributed by atoms with van der Waals surface area (Å²) in [5.74, 6) is 0.409. The standard InChI is InChI=1S/C10H22N2O4/c1-5(2)3-12-7-9(15)8(14)6(4-13)16-10(7)11/h5-10,12-15H,3-4,11H2,1-2H3. The zero-order chi connectivity index (χ0) is 12.3. The lowest BCUT2D eigenvalue weighted by atomic mass is 9.96. The first-order valence-corrected chi connectivity index (χ1v) is 5.58. The summed E-state index contributed by atoms with van der Waals surface area (Å²) >= 11 is 0. The predicted molar refractivity (Wildman–Crippen MR) is 58.6 cm³/mol. The summed E-state index contributed by atoms with van der Waals surface area (Å²) in [6, 6.07) is -0.514. The molecule has 96 valence electrons. The summed E-state index contributed by atoms with van der Waals surface area (Å²) in [5.41, 5.74) is 5.72. The number of hydrogen-bond donors (Lipinski definition) is 5. The molecule has 6 nitrogen and oxygen atoms in total. The molecule has 1 saturated heterocycles. The van der Waals surface area contributed by atoms with Crippen LogP contribution in [0.15, 0.2) is 0 Å². The Morgan fingerprint density at radius 2 is 1.94 bits per heavy atom. The molecule has 0 saturated carbocycles. The number of nitrogens with one attached hydrogen (secondary N) is 1. The van der Waals surface area contributed by atoms with Gasteiger partial charge in [0, 0.05) is 0 Å². The van der Waals surface area contributed by atoms with E-state index in [4.69, 9.17) is 15.6 Å². The van der Waals surface area contributed by atoms with Gasteiger partial charge in [0.25, 0.3) is 0 Å². The highest BCUT2D eigenvalue weighted by Crippen LogP contribution is 2.18. The first kappa shape index (κ1) is 13.8. The molecule has 0 aromatic rings. The fraction of sp³-hybridized carbons (Fsp3) is 1.00. The van der Waals surface area contributed by atoms with Crippen molar-refractivity contribution in [2.24, 2.45) is 11.7 Å². The molecule has 5 unspecified atom stereocenters. The van der Waals surface area contributed by atoms with E-state index in [0.717, 1.165) is 0 Å². The van der Waals surface area contributed by atoms with Crippen LogP contribution in [-0.4, -0.2) is 59.1 Å². The molecule has 6 N–H and O–H groups in total. The van der Waals surface area contributed by atoms with Crippen LogP contribution in [-0.2, 0) is 4.74 Å². The highest BCUT2D eigenvalue weighted by atomic mass is 16.5. The largest absolute Gasteiger partial charge is 0.394 e. The summed E-state index contributed by atoms with van der Waals surface area (Å²) in [6.45, 7) is 4.38. The average molecular weight is 234 g/mol.